The molecule has 2 aliphatic rings. The standard InChI is InChI=1S/C27H36O8/c1-27(2)34-25-23(32-17-19-9-5-3-6-10-19)21(30-15-13-28)22(31-16-14-29)24(26(25)35-27)33-18-20-11-7-4-8-12-20/h3-12,21-26,28-29H,13-18H2,1-2H3/t21-,22-,23+,24+,25-,26+/m0/s1. The zero-order chi connectivity index (χ0) is 24.7. The van der Waals surface area contributed by atoms with E-state index in [4.69, 9.17) is 28.4 Å². The van der Waals surface area contributed by atoms with Crippen LogP contribution < -0.4 is 0 Å². The van der Waals surface area contributed by atoms with Crippen LogP contribution in [0.2, 0.25) is 0 Å². The molecule has 8 heteroatoms. The van der Waals surface area contributed by atoms with E-state index in [2.05, 4.69) is 0 Å². The number of fused-ring (bicyclic) bond motifs is 1. The van der Waals surface area contributed by atoms with Gasteiger partial charge in [0, 0.05) is 0 Å². The van der Waals surface area contributed by atoms with Crippen molar-refractivity contribution < 1.29 is 38.6 Å². The topological polar surface area (TPSA) is 95.8 Å². The number of aliphatic hydroxyl groups excluding tert-OH is 2. The van der Waals surface area contributed by atoms with Gasteiger partial charge in [0.15, 0.2) is 5.79 Å². The summed E-state index contributed by atoms with van der Waals surface area (Å²) in [5, 5.41) is 19.0. The molecule has 2 fully saturated rings. The molecule has 2 aromatic rings. The Morgan fingerprint density at radius 1 is 0.629 bits per heavy atom. The zero-order valence-electron chi connectivity index (χ0n) is 20.3. The minimum atomic E-state index is -0.856. The quantitative estimate of drug-likeness (QED) is 0.471. The smallest absolute Gasteiger partial charge is 0.164 e. The SMILES string of the molecule is CC1(C)O[C@@H]2[C@H](OCc3ccccc3)[C@@H](OCCO)[C@H](OCCO)[C@@H](OCc3ccccc3)[C@@H]2O1. The highest BCUT2D eigenvalue weighted by Crippen LogP contribution is 2.42. The molecule has 1 aliphatic carbocycles. The lowest BCUT2D eigenvalue weighted by Gasteiger charge is -2.46. The Morgan fingerprint density at radius 2 is 1.03 bits per heavy atom. The van der Waals surface area contributed by atoms with Crippen LogP contribution in [-0.4, -0.2) is 79.1 Å². The first kappa shape index (κ1) is 26.2. The van der Waals surface area contributed by atoms with Crippen molar-refractivity contribution in [1.29, 1.82) is 0 Å². The fourth-order valence-electron chi connectivity index (χ4n) is 4.74. The molecule has 0 amide bonds. The van der Waals surface area contributed by atoms with Crippen molar-refractivity contribution in [3.8, 4) is 0 Å². The summed E-state index contributed by atoms with van der Waals surface area (Å²) in [5.41, 5.74) is 2.02. The molecule has 8 nitrogen and oxygen atoms in total. The summed E-state index contributed by atoms with van der Waals surface area (Å²) in [4.78, 5) is 0. The van der Waals surface area contributed by atoms with E-state index in [1.807, 2.05) is 74.5 Å². The van der Waals surface area contributed by atoms with Crippen LogP contribution in [0.3, 0.4) is 0 Å². The van der Waals surface area contributed by atoms with Crippen LogP contribution in [0.15, 0.2) is 60.7 Å². The predicted molar refractivity (Wildman–Crippen MR) is 128 cm³/mol. The maximum atomic E-state index is 9.51. The Bertz CT molecular complexity index is 806. The number of ether oxygens (including phenoxy) is 6. The summed E-state index contributed by atoms with van der Waals surface area (Å²) < 4.78 is 37.7. The zero-order valence-corrected chi connectivity index (χ0v) is 20.3. The van der Waals surface area contributed by atoms with Crippen LogP contribution in [0.1, 0.15) is 25.0 Å². The summed E-state index contributed by atoms with van der Waals surface area (Å²) in [6.07, 6.45) is -3.28. The summed E-state index contributed by atoms with van der Waals surface area (Å²) in [6.45, 7) is 4.31. The van der Waals surface area contributed by atoms with Gasteiger partial charge >= 0.3 is 0 Å². The van der Waals surface area contributed by atoms with Gasteiger partial charge in [0.2, 0.25) is 0 Å². The molecule has 0 aromatic heterocycles. The normalized spacial score (nSPS) is 29.7. The Morgan fingerprint density at radius 3 is 1.40 bits per heavy atom. The second-order valence-corrected chi connectivity index (χ2v) is 9.21. The maximum absolute atomic E-state index is 9.51. The van der Waals surface area contributed by atoms with E-state index in [1.54, 1.807) is 0 Å². The van der Waals surface area contributed by atoms with Gasteiger partial charge in [-0.3, -0.25) is 0 Å². The first-order valence-electron chi connectivity index (χ1n) is 12.1. The van der Waals surface area contributed by atoms with E-state index in [9.17, 15) is 10.2 Å². The first-order chi connectivity index (χ1) is 17.0. The van der Waals surface area contributed by atoms with Crippen LogP contribution in [0, 0.1) is 0 Å². The van der Waals surface area contributed by atoms with Gasteiger partial charge < -0.3 is 38.6 Å². The first-order valence-corrected chi connectivity index (χ1v) is 12.1. The van der Waals surface area contributed by atoms with Crippen LogP contribution in [0.25, 0.3) is 0 Å². The van der Waals surface area contributed by atoms with Crippen molar-refractivity contribution in [2.75, 3.05) is 26.4 Å². The lowest BCUT2D eigenvalue weighted by atomic mass is 9.84. The van der Waals surface area contributed by atoms with Gasteiger partial charge in [-0.1, -0.05) is 60.7 Å². The molecule has 1 saturated carbocycles. The van der Waals surface area contributed by atoms with Gasteiger partial charge in [0.25, 0.3) is 0 Å². The largest absolute Gasteiger partial charge is 0.394 e. The lowest BCUT2D eigenvalue weighted by molar-refractivity contribution is -0.249. The minimum absolute atomic E-state index is 0.0991. The fraction of sp³-hybridized carbons (Fsp3) is 0.556. The summed E-state index contributed by atoms with van der Waals surface area (Å²) in [5.74, 6) is -0.856. The van der Waals surface area contributed by atoms with Crippen molar-refractivity contribution in [1.82, 2.24) is 0 Å². The van der Waals surface area contributed by atoms with E-state index in [0.717, 1.165) is 11.1 Å². The Labute approximate surface area is 206 Å². The molecule has 6 atom stereocenters. The summed E-state index contributed by atoms with van der Waals surface area (Å²) in [6, 6.07) is 19.7. The van der Waals surface area contributed by atoms with E-state index >= 15 is 0 Å². The number of benzene rings is 2. The van der Waals surface area contributed by atoms with Gasteiger partial charge in [-0.05, 0) is 25.0 Å². The molecule has 0 spiro atoms. The monoisotopic (exact) mass is 488 g/mol. The van der Waals surface area contributed by atoms with Gasteiger partial charge in [-0.2, -0.15) is 0 Å². The molecule has 35 heavy (non-hydrogen) atoms. The number of aliphatic hydroxyl groups is 2. The highest BCUT2D eigenvalue weighted by atomic mass is 16.8. The molecule has 1 heterocycles. The summed E-state index contributed by atoms with van der Waals surface area (Å²) in [7, 11) is 0. The molecule has 0 radical (unpaired) electrons. The molecular formula is C27H36O8. The van der Waals surface area contributed by atoms with Crippen LogP contribution >= 0.6 is 0 Å². The average Bonchev–Trinajstić information content (AvgIpc) is 3.20. The van der Waals surface area contributed by atoms with Crippen molar-refractivity contribution >= 4 is 0 Å². The molecule has 1 saturated heterocycles. The highest BCUT2D eigenvalue weighted by Gasteiger charge is 2.60. The number of rotatable bonds is 12. The number of hydrogen-bond acceptors (Lipinski definition) is 8. The van der Waals surface area contributed by atoms with Crippen molar-refractivity contribution in [3.63, 3.8) is 0 Å². The fourth-order valence-corrected chi connectivity index (χ4v) is 4.74. The highest BCUT2D eigenvalue weighted by molar-refractivity contribution is 5.15. The molecule has 0 bridgehead atoms. The Kier molecular flexibility index (Phi) is 9.27. The summed E-state index contributed by atoms with van der Waals surface area (Å²) >= 11 is 0. The lowest BCUT2D eigenvalue weighted by Crippen LogP contribution is -2.65. The van der Waals surface area contributed by atoms with Crippen LogP contribution in [-0.2, 0) is 41.6 Å². The third-order valence-corrected chi connectivity index (χ3v) is 6.16. The number of hydrogen-bond donors (Lipinski definition) is 2. The second kappa shape index (κ2) is 12.4. The maximum Gasteiger partial charge on any atom is 0.164 e. The van der Waals surface area contributed by atoms with Crippen LogP contribution in [0.4, 0.5) is 0 Å². The minimum Gasteiger partial charge on any atom is -0.394 e. The van der Waals surface area contributed by atoms with Crippen molar-refractivity contribution in [3.05, 3.63) is 71.8 Å². The average molecular weight is 489 g/mol. The van der Waals surface area contributed by atoms with E-state index < -0.39 is 42.4 Å². The molecule has 0 unspecified atom stereocenters. The molecule has 1 aliphatic heterocycles. The Balaban J connectivity index is 1.62. The van der Waals surface area contributed by atoms with Gasteiger partial charge in [-0.25, -0.2) is 0 Å². The molecule has 4 rings (SSSR count). The van der Waals surface area contributed by atoms with Gasteiger partial charge in [-0.15, -0.1) is 0 Å². The Hall–Kier alpha value is -1.88. The van der Waals surface area contributed by atoms with Crippen molar-refractivity contribution in [2.45, 2.75) is 69.5 Å². The van der Waals surface area contributed by atoms with Crippen molar-refractivity contribution in [2.24, 2.45) is 0 Å². The van der Waals surface area contributed by atoms with Crippen LogP contribution in [0.5, 0.6) is 0 Å². The molecule has 2 N–H and O–H groups in total. The van der Waals surface area contributed by atoms with E-state index in [0.29, 0.717) is 13.2 Å². The predicted octanol–water partition coefficient (Wildman–Crippen LogP) is 2.45. The third kappa shape index (κ3) is 6.67. The molecule has 192 valence electrons. The van der Waals surface area contributed by atoms with E-state index in [1.165, 1.54) is 0 Å². The molecular weight excluding hydrogens is 452 g/mol. The third-order valence-electron chi connectivity index (χ3n) is 6.16. The second-order valence-electron chi connectivity index (χ2n) is 9.21. The van der Waals surface area contributed by atoms with Gasteiger partial charge in [0.1, 0.15) is 36.6 Å². The van der Waals surface area contributed by atoms with Gasteiger partial charge in [0.05, 0.1) is 39.6 Å². The van der Waals surface area contributed by atoms with E-state index in [-0.39, 0.29) is 26.4 Å². The molecule has 2 aromatic carbocycles.